The van der Waals surface area contributed by atoms with Crippen LogP contribution in [0.5, 0.6) is 0 Å². The van der Waals surface area contributed by atoms with Crippen molar-refractivity contribution in [3.05, 3.63) is 0 Å². The molecule has 2 N–H and O–H groups in total. The van der Waals surface area contributed by atoms with Gasteiger partial charge in [-0.05, 0) is 53.1 Å². The van der Waals surface area contributed by atoms with Crippen molar-refractivity contribution in [2.45, 2.75) is 52.7 Å². The van der Waals surface area contributed by atoms with Crippen molar-refractivity contribution in [3.8, 4) is 0 Å². The summed E-state index contributed by atoms with van der Waals surface area (Å²) in [6.45, 7) is 16.4. The van der Waals surface area contributed by atoms with E-state index in [0.29, 0.717) is 19.0 Å². The molecule has 152 valence electrons. The summed E-state index contributed by atoms with van der Waals surface area (Å²) in [7, 11) is 0. The minimum Gasteiger partial charge on any atom is -0.444 e. The fraction of sp³-hybridized carbons (Fsp3) is 0.889. The van der Waals surface area contributed by atoms with Crippen LogP contribution in [0.1, 0.15) is 41.0 Å². The predicted octanol–water partition coefficient (Wildman–Crippen LogP) is 2.12. The molecule has 0 spiro atoms. The first-order valence-electron chi connectivity index (χ1n) is 9.55. The van der Waals surface area contributed by atoms with E-state index >= 15 is 0 Å². The van der Waals surface area contributed by atoms with Crippen molar-refractivity contribution in [2.75, 3.05) is 45.8 Å². The fourth-order valence-electron chi connectivity index (χ4n) is 3.13. The van der Waals surface area contributed by atoms with E-state index < -0.39 is 5.60 Å². The summed E-state index contributed by atoms with van der Waals surface area (Å²) >= 11 is 0. The second-order valence-electron chi connectivity index (χ2n) is 7.99. The SMILES string of the molecule is CCNC(=NCC1CCN(CC)C1)NC1CN(C(=O)OC(C)(C)C)C1.I. The van der Waals surface area contributed by atoms with Gasteiger partial charge in [0.25, 0.3) is 0 Å². The monoisotopic (exact) mass is 481 g/mol. The molecule has 2 aliphatic rings. The van der Waals surface area contributed by atoms with Crippen molar-refractivity contribution in [1.82, 2.24) is 20.4 Å². The molecule has 1 unspecified atom stereocenters. The van der Waals surface area contributed by atoms with Crippen molar-refractivity contribution >= 4 is 36.0 Å². The Morgan fingerprint density at radius 2 is 1.92 bits per heavy atom. The fourth-order valence-corrected chi connectivity index (χ4v) is 3.13. The zero-order chi connectivity index (χ0) is 18.4. The number of hydrogen-bond acceptors (Lipinski definition) is 4. The molecule has 2 heterocycles. The van der Waals surface area contributed by atoms with Crippen LogP contribution in [0.25, 0.3) is 0 Å². The lowest BCUT2D eigenvalue weighted by molar-refractivity contribution is 0.00700. The van der Waals surface area contributed by atoms with Crippen LogP contribution in [-0.4, -0.2) is 79.3 Å². The molecule has 2 fully saturated rings. The summed E-state index contributed by atoms with van der Waals surface area (Å²) < 4.78 is 5.39. The van der Waals surface area contributed by atoms with Gasteiger partial charge in [0.1, 0.15) is 5.60 Å². The third-order valence-electron chi connectivity index (χ3n) is 4.54. The van der Waals surface area contributed by atoms with Gasteiger partial charge in [-0.2, -0.15) is 0 Å². The van der Waals surface area contributed by atoms with E-state index in [4.69, 9.17) is 9.73 Å². The van der Waals surface area contributed by atoms with Crippen molar-refractivity contribution in [1.29, 1.82) is 0 Å². The van der Waals surface area contributed by atoms with E-state index in [1.165, 1.54) is 13.0 Å². The molecule has 1 amide bonds. The minimum atomic E-state index is -0.445. The second kappa shape index (κ2) is 10.5. The first kappa shape index (κ1) is 23.3. The van der Waals surface area contributed by atoms with Gasteiger partial charge in [-0.3, -0.25) is 4.99 Å². The minimum absolute atomic E-state index is 0. The second-order valence-corrected chi connectivity index (χ2v) is 7.99. The maximum atomic E-state index is 12.0. The molecule has 0 radical (unpaired) electrons. The number of carbonyl (C=O) groups is 1. The molecule has 26 heavy (non-hydrogen) atoms. The predicted molar refractivity (Wildman–Crippen MR) is 116 cm³/mol. The lowest BCUT2D eigenvalue weighted by atomic mass is 10.1. The standard InChI is InChI=1S/C18H35N5O2.HI/c1-6-19-16(20-10-14-8-9-22(7-2)11-14)21-15-12-23(13-15)17(24)25-18(3,4)5;/h14-15H,6-13H2,1-5H3,(H2,19,20,21);1H. The number of guanidine groups is 1. The molecule has 1 atom stereocenters. The first-order chi connectivity index (χ1) is 11.8. The topological polar surface area (TPSA) is 69.2 Å². The number of aliphatic imine (C=N–C) groups is 1. The van der Waals surface area contributed by atoms with Gasteiger partial charge in [-0.15, -0.1) is 24.0 Å². The Morgan fingerprint density at radius 1 is 1.23 bits per heavy atom. The molecule has 8 heteroatoms. The first-order valence-corrected chi connectivity index (χ1v) is 9.55. The summed E-state index contributed by atoms with van der Waals surface area (Å²) in [6, 6.07) is 0.237. The van der Waals surface area contributed by atoms with E-state index in [2.05, 4.69) is 29.4 Å². The van der Waals surface area contributed by atoms with E-state index in [9.17, 15) is 4.79 Å². The Balaban J connectivity index is 0.00000338. The highest BCUT2D eigenvalue weighted by molar-refractivity contribution is 14.0. The number of amides is 1. The number of hydrogen-bond donors (Lipinski definition) is 2. The Labute approximate surface area is 175 Å². The third-order valence-corrected chi connectivity index (χ3v) is 4.54. The van der Waals surface area contributed by atoms with Crippen LogP contribution in [0.3, 0.4) is 0 Å². The van der Waals surface area contributed by atoms with Gasteiger partial charge in [0.15, 0.2) is 5.96 Å². The Kier molecular flexibility index (Phi) is 9.43. The molecule has 0 aromatic rings. The number of halogens is 1. The zero-order valence-electron chi connectivity index (χ0n) is 16.9. The van der Waals surface area contributed by atoms with Gasteiger partial charge in [0.05, 0.1) is 6.04 Å². The van der Waals surface area contributed by atoms with E-state index in [-0.39, 0.29) is 36.1 Å². The van der Waals surface area contributed by atoms with Crippen molar-refractivity contribution in [2.24, 2.45) is 10.9 Å². The van der Waals surface area contributed by atoms with Crippen molar-refractivity contribution < 1.29 is 9.53 Å². The molecule has 0 bridgehead atoms. The maximum Gasteiger partial charge on any atom is 0.410 e. The largest absolute Gasteiger partial charge is 0.444 e. The molecule has 2 saturated heterocycles. The van der Waals surface area contributed by atoms with Crippen LogP contribution in [0.2, 0.25) is 0 Å². The van der Waals surface area contributed by atoms with Crippen LogP contribution < -0.4 is 10.6 Å². The smallest absolute Gasteiger partial charge is 0.410 e. The molecule has 0 aromatic carbocycles. The normalized spacial score (nSPS) is 21.8. The molecule has 7 nitrogen and oxygen atoms in total. The van der Waals surface area contributed by atoms with Crippen LogP contribution in [0.4, 0.5) is 4.79 Å². The van der Waals surface area contributed by atoms with E-state index in [1.54, 1.807) is 4.90 Å². The van der Waals surface area contributed by atoms with E-state index in [0.717, 1.165) is 32.1 Å². The highest BCUT2D eigenvalue weighted by Gasteiger charge is 2.34. The lowest BCUT2D eigenvalue weighted by Crippen LogP contribution is -2.63. The van der Waals surface area contributed by atoms with Gasteiger partial charge in [-0.1, -0.05) is 6.92 Å². The van der Waals surface area contributed by atoms with Crippen molar-refractivity contribution in [3.63, 3.8) is 0 Å². The van der Waals surface area contributed by atoms with Gasteiger partial charge >= 0.3 is 6.09 Å². The Hall–Kier alpha value is -0.770. The average Bonchev–Trinajstić information content (AvgIpc) is 2.93. The average molecular weight is 481 g/mol. The quantitative estimate of drug-likeness (QED) is 0.358. The van der Waals surface area contributed by atoms with Crippen LogP contribution in [-0.2, 0) is 4.74 Å². The summed E-state index contributed by atoms with van der Waals surface area (Å²) in [5.74, 6) is 1.50. The zero-order valence-corrected chi connectivity index (χ0v) is 19.2. The molecule has 0 aliphatic carbocycles. The van der Waals surface area contributed by atoms with Crippen LogP contribution >= 0.6 is 24.0 Å². The maximum absolute atomic E-state index is 12.0. The molecule has 2 aliphatic heterocycles. The summed E-state index contributed by atoms with van der Waals surface area (Å²) in [6.07, 6.45) is 0.991. The number of nitrogens with zero attached hydrogens (tertiary/aromatic N) is 3. The molecule has 2 rings (SSSR count). The number of carbonyl (C=O) groups excluding carboxylic acids is 1. The third kappa shape index (κ3) is 7.46. The molecular weight excluding hydrogens is 445 g/mol. The van der Waals surface area contributed by atoms with Gasteiger partial charge in [0, 0.05) is 32.7 Å². The molecule has 0 saturated carbocycles. The number of rotatable bonds is 5. The highest BCUT2D eigenvalue weighted by atomic mass is 127. The molecule has 0 aromatic heterocycles. The summed E-state index contributed by atoms with van der Waals surface area (Å²) in [4.78, 5) is 20.9. The number of nitrogens with one attached hydrogen (secondary N) is 2. The lowest BCUT2D eigenvalue weighted by Gasteiger charge is -2.40. The summed E-state index contributed by atoms with van der Waals surface area (Å²) in [5.41, 5.74) is -0.445. The number of ether oxygens (including phenoxy) is 1. The van der Waals surface area contributed by atoms with Gasteiger partial charge < -0.3 is 25.2 Å². The van der Waals surface area contributed by atoms with Gasteiger partial charge in [-0.25, -0.2) is 4.79 Å². The Bertz CT molecular complexity index is 475. The van der Waals surface area contributed by atoms with Gasteiger partial charge in [0.2, 0.25) is 0 Å². The highest BCUT2D eigenvalue weighted by Crippen LogP contribution is 2.17. The Morgan fingerprint density at radius 3 is 2.46 bits per heavy atom. The van der Waals surface area contributed by atoms with Crippen LogP contribution in [0, 0.1) is 5.92 Å². The van der Waals surface area contributed by atoms with Crippen LogP contribution in [0.15, 0.2) is 4.99 Å². The summed E-state index contributed by atoms with van der Waals surface area (Å²) in [5, 5.41) is 6.73. The molecular formula is C18H36IN5O2. The van der Waals surface area contributed by atoms with E-state index in [1.807, 2.05) is 20.8 Å². The number of likely N-dealkylation sites (tertiary alicyclic amines) is 2.